The molecule has 2 rings (SSSR count). The van der Waals surface area contributed by atoms with Crippen LogP contribution in [0.25, 0.3) is 0 Å². The van der Waals surface area contributed by atoms with Gasteiger partial charge in [0.1, 0.15) is 5.60 Å². The van der Waals surface area contributed by atoms with E-state index in [0.717, 1.165) is 0 Å². The van der Waals surface area contributed by atoms with Gasteiger partial charge in [-0.3, -0.25) is 9.59 Å². The molecule has 0 aromatic heterocycles. The van der Waals surface area contributed by atoms with Gasteiger partial charge in [0.25, 0.3) is 0 Å². The van der Waals surface area contributed by atoms with Gasteiger partial charge in [-0.05, 0) is 32.9 Å². The Hall–Kier alpha value is -1.20. The van der Waals surface area contributed by atoms with E-state index >= 15 is 0 Å². The summed E-state index contributed by atoms with van der Waals surface area (Å²) < 4.78 is 15.9. The van der Waals surface area contributed by atoms with Crippen molar-refractivity contribution in [2.45, 2.75) is 32.2 Å². The zero-order valence-electron chi connectivity index (χ0n) is 10.4. The number of carbonyl (C=O) groups excluding carboxylic acids is 2. The van der Waals surface area contributed by atoms with Gasteiger partial charge >= 0.3 is 5.97 Å². The molecule has 1 fully saturated rings. The lowest BCUT2D eigenvalue weighted by Crippen LogP contribution is -2.54. The van der Waals surface area contributed by atoms with Gasteiger partial charge in [0.05, 0.1) is 6.61 Å². The van der Waals surface area contributed by atoms with E-state index < -0.39 is 22.8 Å². The van der Waals surface area contributed by atoms with E-state index in [9.17, 15) is 9.59 Å². The summed E-state index contributed by atoms with van der Waals surface area (Å²) in [6, 6.07) is 0. The minimum absolute atomic E-state index is 0.210. The molecular formula is C12H16O5. The largest absolute Gasteiger partial charge is 0.465 e. The molecule has 2 aliphatic rings. The van der Waals surface area contributed by atoms with E-state index in [4.69, 9.17) is 14.2 Å². The van der Waals surface area contributed by atoms with E-state index in [1.54, 1.807) is 26.0 Å². The van der Waals surface area contributed by atoms with Crippen LogP contribution >= 0.6 is 0 Å². The SMILES string of the molecule is CCOC(=O)[C@]1(C)C(=O)[C@@]2(C)C=C[C@@]1(OC)O2. The van der Waals surface area contributed by atoms with Crippen LogP contribution in [0.15, 0.2) is 12.2 Å². The first-order chi connectivity index (χ1) is 7.86. The van der Waals surface area contributed by atoms with E-state index in [0.29, 0.717) is 0 Å². The maximum absolute atomic E-state index is 12.3. The first-order valence-electron chi connectivity index (χ1n) is 5.54. The molecule has 0 radical (unpaired) electrons. The lowest BCUT2D eigenvalue weighted by molar-refractivity contribution is -0.225. The van der Waals surface area contributed by atoms with Crippen molar-refractivity contribution in [2.75, 3.05) is 13.7 Å². The topological polar surface area (TPSA) is 61.8 Å². The maximum Gasteiger partial charge on any atom is 0.325 e. The highest BCUT2D eigenvalue weighted by Crippen LogP contribution is 2.55. The maximum atomic E-state index is 12.3. The summed E-state index contributed by atoms with van der Waals surface area (Å²) in [4.78, 5) is 24.4. The van der Waals surface area contributed by atoms with Crippen LogP contribution in [0.5, 0.6) is 0 Å². The highest BCUT2D eigenvalue weighted by Gasteiger charge is 2.74. The van der Waals surface area contributed by atoms with Crippen molar-refractivity contribution in [3.63, 3.8) is 0 Å². The smallest absolute Gasteiger partial charge is 0.325 e. The zero-order valence-corrected chi connectivity index (χ0v) is 10.4. The van der Waals surface area contributed by atoms with Crippen LogP contribution in [0.3, 0.4) is 0 Å². The van der Waals surface area contributed by atoms with E-state index in [1.165, 1.54) is 14.0 Å². The average Bonchev–Trinajstić information content (AvgIpc) is 2.74. The van der Waals surface area contributed by atoms with Crippen molar-refractivity contribution in [1.82, 2.24) is 0 Å². The third-order valence-electron chi connectivity index (χ3n) is 3.57. The second kappa shape index (κ2) is 3.40. The molecule has 5 nitrogen and oxygen atoms in total. The molecule has 5 heteroatoms. The Morgan fingerprint density at radius 1 is 1.41 bits per heavy atom. The summed E-state index contributed by atoms with van der Waals surface area (Å²) in [6.07, 6.45) is 3.24. The number of methoxy groups -OCH3 is 1. The number of ether oxygens (including phenoxy) is 3. The highest BCUT2D eigenvalue weighted by molar-refractivity contribution is 6.12. The van der Waals surface area contributed by atoms with Crippen LogP contribution in [0.1, 0.15) is 20.8 Å². The Morgan fingerprint density at radius 2 is 2.06 bits per heavy atom. The minimum Gasteiger partial charge on any atom is -0.465 e. The van der Waals surface area contributed by atoms with Gasteiger partial charge in [-0.2, -0.15) is 0 Å². The average molecular weight is 240 g/mol. The summed E-state index contributed by atoms with van der Waals surface area (Å²) in [5.74, 6) is -2.28. The van der Waals surface area contributed by atoms with Crippen molar-refractivity contribution in [2.24, 2.45) is 5.41 Å². The lowest BCUT2D eigenvalue weighted by Gasteiger charge is -2.34. The summed E-state index contributed by atoms with van der Waals surface area (Å²) >= 11 is 0. The first-order valence-corrected chi connectivity index (χ1v) is 5.54. The summed E-state index contributed by atoms with van der Waals surface area (Å²) in [5.41, 5.74) is -2.54. The highest BCUT2D eigenvalue weighted by atomic mass is 16.7. The molecule has 2 aliphatic heterocycles. The molecule has 0 saturated carbocycles. The molecule has 0 unspecified atom stereocenters. The van der Waals surface area contributed by atoms with E-state index in [1.807, 2.05) is 0 Å². The summed E-state index contributed by atoms with van der Waals surface area (Å²) in [5, 5.41) is 0. The van der Waals surface area contributed by atoms with Crippen molar-refractivity contribution in [1.29, 1.82) is 0 Å². The molecule has 3 atom stereocenters. The Balaban J connectivity index is 2.50. The number of carbonyl (C=O) groups is 2. The Kier molecular flexibility index (Phi) is 2.45. The first kappa shape index (κ1) is 12.3. The quantitative estimate of drug-likeness (QED) is 0.415. The van der Waals surface area contributed by atoms with Crippen LogP contribution in [-0.2, 0) is 23.8 Å². The van der Waals surface area contributed by atoms with Crippen molar-refractivity contribution >= 4 is 11.8 Å². The standard InChI is InChI=1S/C12H16O5/c1-5-16-9(14)11(3)8(13)10(2)6-7-12(11,15-4)17-10/h6-7H,5H2,1-4H3/t10-,11+,12-/m1/s1. The molecule has 0 spiro atoms. The Morgan fingerprint density at radius 3 is 2.59 bits per heavy atom. The Bertz CT molecular complexity index is 415. The minimum atomic E-state index is -1.44. The van der Waals surface area contributed by atoms with Crippen LogP contribution in [-0.4, -0.2) is 36.9 Å². The molecule has 94 valence electrons. The second-order valence-corrected chi connectivity index (χ2v) is 4.59. The molecule has 0 aliphatic carbocycles. The fourth-order valence-electron chi connectivity index (χ4n) is 2.52. The normalized spacial score (nSPS) is 43.2. The van der Waals surface area contributed by atoms with Gasteiger partial charge < -0.3 is 14.2 Å². The number of Topliss-reactive ketones (excluding diaryl/α,β-unsaturated/α-hetero) is 1. The number of ketones is 1. The molecular weight excluding hydrogens is 224 g/mol. The van der Waals surface area contributed by atoms with Gasteiger partial charge in [0.15, 0.2) is 11.2 Å². The van der Waals surface area contributed by atoms with Gasteiger partial charge in [-0.1, -0.05) is 0 Å². The molecule has 0 aromatic rings. The predicted octanol–water partition coefficient (Wildman–Crippen LogP) is 0.826. The number of hydrogen-bond acceptors (Lipinski definition) is 5. The zero-order chi connectivity index (χ0) is 12.9. The van der Waals surface area contributed by atoms with Crippen LogP contribution < -0.4 is 0 Å². The fraction of sp³-hybridized carbons (Fsp3) is 0.667. The number of rotatable bonds is 3. The van der Waals surface area contributed by atoms with Crippen molar-refractivity contribution in [3.8, 4) is 0 Å². The molecule has 0 N–H and O–H groups in total. The van der Waals surface area contributed by atoms with Crippen molar-refractivity contribution in [3.05, 3.63) is 12.2 Å². The van der Waals surface area contributed by atoms with Crippen molar-refractivity contribution < 1.29 is 23.8 Å². The van der Waals surface area contributed by atoms with Gasteiger partial charge in [-0.25, -0.2) is 0 Å². The van der Waals surface area contributed by atoms with Crippen LogP contribution in [0.4, 0.5) is 0 Å². The van der Waals surface area contributed by atoms with Crippen LogP contribution in [0.2, 0.25) is 0 Å². The molecule has 2 bridgehead atoms. The predicted molar refractivity (Wildman–Crippen MR) is 58.1 cm³/mol. The third-order valence-corrected chi connectivity index (χ3v) is 3.57. The number of hydrogen-bond donors (Lipinski definition) is 0. The molecule has 0 aromatic carbocycles. The van der Waals surface area contributed by atoms with Gasteiger partial charge in [0, 0.05) is 7.11 Å². The fourth-order valence-corrected chi connectivity index (χ4v) is 2.52. The third kappa shape index (κ3) is 1.21. The summed E-state index contributed by atoms with van der Waals surface area (Å²) in [6.45, 7) is 5.03. The Labute approximate surface area is 99.7 Å². The molecule has 1 saturated heterocycles. The van der Waals surface area contributed by atoms with E-state index in [2.05, 4.69) is 0 Å². The van der Waals surface area contributed by atoms with Gasteiger partial charge in [0.2, 0.25) is 5.79 Å². The van der Waals surface area contributed by atoms with Gasteiger partial charge in [-0.15, -0.1) is 0 Å². The molecule has 0 amide bonds. The van der Waals surface area contributed by atoms with Crippen LogP contribution in [0, 0.1) is 5.41 Å². The second-order valence-electron chi connectivity index (χ2n) is 4.59. The van der Waals surface area contributed by atoms with E-state index in [-0.39, 0.29) is 12.4 Å². The monoisotopic (exact) mass is 240 g/mol. The molecule has 2 heterocycles. The lowest BCUT2D eigenvalue weighted by atomic mass is 9.71. The summed E-state index contributed by atoms with van der Waals surface area (Å²) in [7, 11) is 1.41. The number of fused-ring (bicyclic) bond motifs is 2. The number of esters is 1. The molecule has 17 heavy (non-hydrogen) atoms.